The van der Waals surface area contributed by atoms with Crippen LogP contribution >= 0.6 is 35.1 Å². The van der Waals surface area contributed by atoms with Crippen LogP contribution in [0.3, 0.4) is 0 Å². The highest BCUT2D eigenvalue weighted by Crippen LogP contribution is 2.24. The Morgan fingerprint density at radius 3 is 2.84 bits per heavy atom. The fourth-order valence-electron chi connectivity index (χ4n) is 2.03. The highest BCUT2D eigenvalue weighted by Gasteiger charge is 2.19. The second kappa shape index (κ2) is 9.17. The van der Waals surface area contributed by atoms with Gasteiger partial charge in [-0.05, 0) is 42.0 Å². The lowest BCUT2D eigenvalue weighted by atomic mass is 10.2. The standard InChI is InChI=1S/C18H17ClN2O2S2/c19-14-4-6-17(7-5-14)25-12-18(22)21-20-9-13-2-1-3-15(8-13)23-16-10-24-11-16/h1-9,16H,10-12H2,(H,21,22)/b20-9+. The van der Waals surface area contributed by atoms with Gasteiger partial charge >= 0.3 is 0 Å². The molecule has 1 aliphatic heterocycles. The molecule has 1 amide bonds. The Bertz CT molecular complexity index is 749. The van der Waals surface area contributed by atoms with Gasteiger partial charge in [-0.1, -0.05) is 23.7 Å². The second-order valence-corrected chi connectivity index (χ2v) is 7.95. The van der Waals surface area contributed by atoms with Gasteiger partial charge in [0.2, 0.25) is 5.91 Å². The third-order valence-electron chi connectivity index (χ3n) is 3.35. The van der Waals surface area contributed by atoms with Gasteiger partial charge in [-0.25, -0.2) is 5.43 Å². The van der Waals surface area contributed by atoms with E-state index in [1.807, 2.05) is 48.2 Å². The molecule has 1 aliphatic rings. The first-order valence-corrected chi connectivity index (χ1v) is 10.3. The number of halogens is 1. The van der Waals surface area contributed by atoms with Crippen LogP contribution in [0.2, 0.25) is 5.02 Å². The smallest absolute Gasteiger partial charge is 0.250 e. The molecule has 4 nitrogen and oxygen atoms in total. The summed E-state index contributed by atoms with van der Waals surface area (Å²) in [6, 6.07) is 15.1. The van der Waals surface area contributed by atoms with Crippen LogP contribution < -0.4 is 10.2 Å². The molecule has 130 valence electrons. The molecule has 0 radical (unpaired) electrons. The average molecular weight is 393 g/mol. The van der Waals surface area contributed by atoms with E-state index in [1.54, 1.807) is 18.3 Å². The third kappa shape index (κ3) is 5.99. The second-order valence-electron chi connectivity index (χ2n) is 5.39. The monoisotopic (exact) mass is 392 g/mol. The van der Waals surface area contributed by atoms with Gasteiger partial charge in [-0.2, -0.15) is 16.9 Å². The van der Waals surface area contributed by atoms with Crippen LogP contribution in [0.5, 0.6) is 5.75 Å². The lowest BCUT2D eigenvalue weighted by Gasteiger charge is -2.25. The Labute approximate surface area is 160 Å². The number of carbonyl (C=O) groups excluding carboxylic acids is 1. The normalized spacial score (nSPS) is 14.3. The van der Waals surface area contributed by atoms with E-state index in [9.17, 15) is 4.79 Å². The van der Waals surface area contributed by atoms with E-state index in [4.69, 9.17) is 16.3 Å². The van der Waals surface area contributed by atoms with Crippen LogP contribution in [0, 0.1) is 0 Å². The number of rotatable bonds is 7. The highest BCUT2D eigenvalue weighted by molar-refractivity contribution is 8.00. The maximum Gasteiger partial charge on any atom is 0.250 e. The SMILES string of the molecule is O=C(CSc1ccc(Cl)cc1)N/N=C/c1cccc(OC2CSC2)c1. The summed E-state index contributed by atoms with van der Waals surface area (Å²) in [7, 11) is 0. The van der Waals surface area contributed by atoms with Crippen molar-refractivity contribution in [3.8, 4) is 5.75 Å². The van der Waals surface area contributed by atoms with E-state index in [1.165, 1.54) is 11.8 Å². The zero-order valence-corrected chi connectivity index (χ0v) is 15.7. The van der Waals surface area contributed by atoms with Crippen LogP contribution in [0.4, 0.5) is 0 Å². The summed E-state index contributed by atoms with van der Waals surface area (Å²) < 4.78 is 5.83. The van der Waals surface area contributed by atoms with Crippen molar-refractivity contribution < 1.29 is 9.53 Å². The molecule has 0 spiro atoms. The molecule has 7 heteroatoms. The van der Waals surface area contributed by atoms with E-state index in [2.05, 4.69) is 10.5 Å². The van der Waals surface area contributed by atoms with Gasteiger partial charge in [0.05, 0.1) is 12.0 Å². The van der Waals surface area contributed by atoms with Crippen LogP contribution in [0.15, 0.2) is 58.5 Å². The van der Waals surface area contributed by atoms with Gasteiger partial charge in [0.25, 0.3) is 0 Å². The Kier molecular flexibility index (Phi) is 6.67. The first-order chi connectivity index (χ1) is 12.2. The fourth-order valence-corrected chi connectivity index (χ4v) is 3.41. The van der Waals surface area contributed by atoms with Gasteiger partial charge in [-0.15, -0.1) is 11.8 Å². The molecule has 3 rings (SSSR count). The van der Waals surface area contributed by atoms with E-state index in [0.29, 0.717) is 16.9 Å². The Morgan fingerprint density at radius 2 is 2.12 bits per heavy atom. The number of ether oxygens (including phenoxy) is 1. The topological polar surface area (TPSA) is 50.7 Å². The molecule has 0 aromatic heterocycles. The first-order valence-electron chi connectivity index (χ1n) is 7.74. The molecule has 25 heavy (non-hydrogen) atoms. The predicted molar refractivity (Wildman–Crippen MR) is 106 cm³/mol. The van der Waals surface area contributed by atoms with Crippen molar-refractivity contribution in [3.63, 3.8) is 0 Å². The van der Waals surface area contributed by atoms with Crippen molar-refractivity contribution in [1.82, 2.24) is 5.43 Å². The highest BCUT2D eigenvalue weighted by atomic mass is 35.5. The fraction of sp³-hybridized carbons (Fsp3) is 0.222. The summed E-state index contributed by atoms with van der Waals surface area (Å²) >= 11 is 9.15. The van der Waals surface area contributed by atoms with Crippen molar-refractivity contribution in [2.24, 2.45) is 5.10 Å². The minimum absolute atomic E-state index is 0.157. The lowest BCUT2D eigenvalue weighted by molar-refractivity contribution is -0.118. The van der Waals surface area contributed by atoms with E-state index in [0.717, 1.165) is 27.7 Å². The van der Waals surface area contributed by atoms with E-state index in [-0.39, 0.29) is 5.91 Å². The number of hydrazone groups is 1. The van der Waals surface area contributed by atoms with Crippen molar-refractivity contribution >= 4 is 47.2 Å². The number of nitrogens with zero attached hydrogens (tertiary/aromatic N) is 1. The molecule has 0 aliphatic carbocycles. The van der Waals surface area contributed by atoms with Gasteiger partial charge in [0.15, 0.2) is 0 Å². The van der Waals surface area contributed by atoms with Gasteiger partial charge in [-0.3, -0.25) is 4.79 Å². The summed E-state index contributed by atoms with van der Waals surface area (Å²) in [6.45, 7) is 0. The summed E-state index contributed by atoms with van der Waals surface area (Å²) in [5.74, 6) is 3.05. The number of benzene rings is 2. The first kappa shape index (κ1) is 18.2. The van der Waals surface area contributed by atoms with Crippen LogP contribution in [-0.4, -0.2) is 35.5 Å². The van der Waals surface area contributed by atoms with Gasteiger partial charge < -0.3 is 4.74 Å². The molecule has 1 saturated heterocycles. The number of hydrogen-bond donors (Lipinski definition) is 1. The van der Waals surface area contributed by atoms with Crippen LogP contribution in [0.1, 0.15) is 5.56 Å². The quantitative estimate of drug-likeness (QED) is 0.438. The summed E-state index contributed by atoms with van der Waals surface area (Å²) in [4.78, 5) is 12.8. The maximum absolute atomic E-state index is 11.8. The molecule has 0 saturated carbocycles. The van der Waals surface area contributed by atoms with Crippen molar-refractivity contribution in [3.05, 3.63) is 59.1 Å². The maximum atomic E-state index is 11.8. The number of carbonyl (C=O) groups is 1. The van der Waals surface area contributed by atoms with E-state index < -0.39 is 0 Å². The number of thioether (sulfide) groups is 2. The Balaban J connectivity index is 1.44. The van der Waals surface area contributed by atoms with E-state index >= 15 is 0 Å². The Hall–Kier alpha value is -1.63. The number of hydrogen-bond acceptors (Lipinski definition) is 5. The molecule has 2 aromatic rings. The van der Waals surface area contributed by atoms with Gasteiger partial charge in [0.1, 0.15) is 11.9 Å². The average Bonchev–Trinajstić information content (AvgIpc) is 2.58. The van der Waals surface area contributed by atoms with Crippen LogP contribution in [0.25, 0.3) is 0 Å². The molecule has 1 fully saturated rings. The Morgan fingerprint density at radius 1 is 1.32 bits per heavy atom. The minimum atomic E-state index is -0.157. The van der Waals surface area contributed by atoms with Crippen LogP contribution in [-0.2, 0) is 4.79 Å². The minimum Gasteiger partial charge on any atom is -0.489 e. The number of nitrogens with one attached hydrogen (secondary N) is 1. The summed E-state index contributed by atoms with van der Waals surface area (Å²) in [5, 5.41) is 4.68. The molecular weight excluding hydrogens is 376 g/mol. The lowest BCUT2D eigenvalue weighted by Crippen LogP contribution is -2.31. The predicted octanol–water partition coefficient (Wildman–Crippen LogP) is 4.08. The van der Waals surface area contributed by atoms with Crippen molar-refractivity contribution in [1.29, 1.82) is 0 Å². The van der Waals surface area contributed by atoms with Crippen molar-refractivity contribution in [2.75, 3.05) is 17.3 Å². The van der Waals surface area contributed by atoms with Gasteiger partial charge in [0, 0.05) is 21.4 Å². The number of amides is 1. The molecule has 1 heterocycles. The van der Waals surface area contributed by atoms with Crippen molar-refractivity contribution in [2.45, 2.75) is 11.0 Å². The molecule has 2 aromatic carbocycles. The third-order valence-corrected chi connectivity index (χ3v) is 5.83. The largest absolute Gasteiger partial charge is 0.489 e. The zero-order valence-electron chi connectivity index (χ0n) is 13.4. The molecule has 1 N–H and O–H groups in total. The zero-order chi connectivity index (χ0) is 17.5. The molecule has 0 bridgehead atoms. The summed E-state index contributed by atoms with van der Waals surface area (Å²) in [6.07, 6.45) is 1.93. The summed E-state index contributed by atoms with van der Waals surface area (Å²) in [5.41, 5.74) is 3.42. The molecule has 0 atom stereocenters. The molecule has 0 unspecified atom stereocenters. The molecular formula is C18H17ClN2O2S2.